The smallest absolute Gasteiger partial charge is 0.255 e. The van der Waals surface area contributed by atoms with E-state index in [1.807, 2.05) is 42.5 Å². The van der Waals surface area contributed by atoms with Gasteiger partial charge in [0.05, 0.1) is 18.5 Å². The number of hydrogen-bond acceptors (Lipinski definition) is 4. The zero-order valence-electron chi connectivity index (χ0n) is 13.7. The van der Waals surface area contributed by atoms with Crippen molar-refractivity contribution in [2.45, 2.75) is 0 Å². The Morgan fingerprint density at radius 1 is 0.840 bits per heavy atom. The highest BCUT2D eigenvalue weighted by Crippen LogP contribution is 2.27. The van der Waals surface area contributed by atoms with Crippen molar-refractivity contribution in [3.8, 4) is 5.75 Å². The van der Waals surface area contributed by atoms with E-state index in [1.165, 1.54) is 0 Å². The molecular weight excluding hydrogens is 314 g/mol. The fourth-order valence-corrected chi connectivity index (χ4v) is 2.21. The molecule has 25 heavy (non-hydrogen) atoms. The summed E-state index contributed by atoms with van der Waals surface area (Å²) >= 11 is 0. The molecule has 0 heterocycles. The molecule has 0 aliphatic rings. The van der Waals surface area contributed by atoms with Crippen LogP contribution in [0.1, 0.15) is 10.4 Å². The number of carbonyl (C=O) groups excluding carboxylic acids is 1. The third-order valence-electron chi connectivity index (χ3n) is 3.53. The number of benzene rings is 3. The number of ether oxygens (including phenoxy) is 1. The van der Waals surface area contributed by atoms with E-state index >= 15 is 0 Å². The van der Waals surface area contributed by atoms with Crippen LogP contribution in [0.2, 0.25) is 0 Å². The number of para-hydroxylation sites is 1. The van der Waals surface area contributed by atoms with E-state index in [9.17, 15) is 4.79 Å². The Kier molecular flexibility index (Phi) is 5.16. The summed E-state index contributed by atoms with van der Waals surface area (Å²) in [6, 6.07) is 23.6. The molecule has 5 nitrogen and oxygen atoms in total. The molecule has 0 aliphatic carbocycles. The molecule has 0 saturated carbocycles. The van der Waals surface area contributed by atoms with Crippen LogP contribution in [-0.2, 0) is 0 Å². The van der Waals surface area contributed by atoms with Gasteiger partial charge in [-0.05, 0) is 48.5 Å². The van der Waals surface area contributed by atoms with E-state index in [0.717, 1.165) is 5.69 Å². The predicted molar refractivity (Wildman–Crippen MR) is 98.0 cm³/mol. The number of hydrogen-bond donors (Lipinski definition) is 1. The minimum atomic E-state index is -0.218. The topological polar surface area (TPSA) is 63.0 Å². The normalized spacial score (nSPS) is 10.6. The Labute approximate surface area is 146 Å². The van der Waals surface area contributed by atoms with Crippen molar-refractivity contribution in [1.29, 1.82) is 0 Å². The molecule has 0 aliphatic heterocycles. The number of rotatable bonds is 5. The van der Waals surface area contributed by atoms with Crippen molar-refractivity contribution in [3.05, 3.63) is 84.4 Å². The monoisotopic (exact) mass is 331 g/mol. The molecule has 0 fully saturated rings. The van der Waals surface area contributed by atoms with E-state index in [4.69, 9.17) is 4.74 Å². The van der Waals surface area contributed by atoms with Crippen molar-refractivity contribution < 1.29 is 9.53 Å². The van der Waals surface area contributed by atoms with E-state index in [2.05, 4.69) is 15.5 Å². The second kappa shape index (κ2) is 7.88. The average molecular weight is 331 g/mol. The molecule has 0 spiro atoms. The van der Waals surface area contributed by atoms with Crippen LogP contribution in [0.25, 0.3) is 0 Å². The highest BCUT2D eigenvalue weighted by molar-refractivity contribution is 6.05. The molecule has 5 heteroatoms. The maximum atomic E-state index is 12.4. The van der Waals surface area contributed by atoms with Crippen LogP contribution in [0.15, 0.2) is 89.1 Å². The lowest BCUT2D eigenvalue weighted by Gasteiger charge is -2.08. The van der Waals surface area contributed by atoms with Crippen LogP contribution < -0.4 is 10.1 Å². The maximum Gasteiger partial charge on any atom is 0.255 e. The van der Waals surface area contributed by atoms with Gasteiger partial charge >= 0.3 is 0 Å². The summed E-state index contributed by atoms with van der Waals surface area (Å²) in [7, 11) is 1.59. The molecule has 3 rings (SSSR count). The lowest BCUT2D eigenvalue weighted by Crippen LogP contribution is -2.11. The van der Waals surface area contributed by atoms with Gasteiger partial charge in [-0.15, -0.1) is 5.11 Å². The number of amides is 1. The van der Waals surface area contributed by atoms with Gasteiger partial charge in [-0.2, -0.15) is 5.11 Å². The summed E-state index contributed by atoms with van der Waals surface area (Å²) in [5.74, 6) is 0.485. The first-order chi connectivity index (χ1) is 12.3. The van der Waals surface area contributed by atoms with Gasteiger partial charge in [0.1, 0.15) is 11.4 Å². The lowest BCUT2D eigenvalue weighted by atomic mass is 10.2. The minimum Gasteiger partial charge on any atom is -0.497 e. The SMILES string of the molecule is COc1ccc(C(=O)Nc2ccccc2N=Nc2ccccc2)cc1. The first-order valence-electron chi connectivity index (χ1n) is 7.77. The van der Waals surface area contributed by atoms with Crippen LogP contribution in [0.3, 0.4) is 0 Å². The van der Waals surface area contributed by atoms with Crippen LogP contribution in [0.5, 0.6) is 5.75 Å². The first-order valence-corrected chi connectivity index (χ1v) is 7.77. The predicted octanol–water partition coefficient (Wildman–Crippen LogP) is 5.36. The van der Waals surface area contributed by atoms with Crippen LogP contribution >= 0.6 is 0 Å². The molecule has 1 amide bonds. The van der Waals surface area contributed by atoms with E-state index in [0.29, 0.717) is 22.7 Å². The molecule has 0 saturated heterocycles. The summed E-state index contributed by atoms with van der Waals surface area (Å²) in [6.45, 7) is 0. The quantitative estimate of drug-likeness (QED) is 0.639. The molecule has 1 N–H and O–H groups in total. The third kappa shape index (κ3) is 4.29. The zero-order chi connectivity index (χ0) is 17.5. The van der Waals surface area contributed by atoms with Gasteiger partial charge in [0.15, 0.2) is 0 Å². The number of azo groups is 1. The van der Waals surface area contributed by atoms with Crippen molar-refractivity contribution in [1.82, 2.24) is 0 Å². The highest BCUT2D eigenvalue weighted by Gasteiger charge is 2.09. The van der Waals surface area contributed by atoms with Gasteiger partial charge in [0.2, 0.25) is 0 Å². The lowest BCUT2D eigenvalue weighted by molar-refractivity contribution is 0.102. The number of methoxy groups -OCH3 is 1. The maximum absolute atomic E-state index is 12.4. The Morgan fingerprint density at radius 2 is 1.52 bits per heavy atom. The molecule has 0 bridgehead atoms. The van der Waals surface area contributed by atoms with E-state index in [-0.39, 0.29) is 5.91 Å². The molecule has 3 aromatic rings. The van der Waals surface area contributed by atoms with E-state index < -0.39 is 0 Å². The third-order valence-corrected chi connectivity index (χ3v) is 3.53. The van der Waals surface area contributed by atoms with Gasteiger partial charge in [0.25, 0.3) is 5.91 Å². The number of anilines is 1. The first kappa shape index (κ1) is 16.4. The summed E-state index contributed by atoms with van der Waals surface area (Å²) in [5, 5.41) is 11.3. The average Bonchev–Trinajstić information content (AvgIpc) is 2.68. The number of nitrogens with zero attached hydrogens (tertiary/aromatic N) is 2. The Hall–Kier alpha value is -3.47. The Balaban J connectivity index is 1.78. The molecular formula is C20H17N3O2. The Morgan fingerprint density at radius 3 is 2.24 bits per heavy atom. The molecule has 3 aromatic carbocycles. The molecule has 0 radical (unpaired) electrons. The van der Waals surface area contributed by atoms with Crippen LogP contribution in [-0.4, -0.2) is 13.0 Å². The van der Waals surface area contributed by atoms with E-state index in [1.54, 1.807) is 43.5 Å². The Bertz CT molecular complexity index is 875. The second-order valence-corrected chi connectivity index (χ2v) is 5.24. The summed E-state index contributed by atoms with van der Waals surface area (Å²) < 4.78 is 5.10. The van der Waals surface area contributed by atoms with Gasteiger partial charge < -0.3 is 10.1 Å². The second-order valence-electron chi connectivity index (χ2n) is 5.24. The molecule has 0 unspecified atom stereocenters. The van der Waals surface area contributed by atoms with Gasteiger partial charge in [-0.25, -0.2) is 0 Å². The van der Waals surface area contributed by atoms with Crippen molar-refractivity contribution in [2.75, 3.05) is 12.4 Å². The molecule has 0 atom stereocenters. The van der Waals surface area contributed by atoms with Crippen LogP contribution in [0, 0.1) is 0 Å². The largest absolute Gasteiger partial charge is 0.497 e. The van der Waals surface area contributed by atoms with Crippen molar-refractivity contribution in [3.63, 3.8) is 0 Å². The molecule has 0 aromatic heterocycles. The van der Waals surface area contributed by atoms with Gasteiger partial charge in [-0.1, -0.05) is 30.3 Å². The minimum absolute atomic E-state index is 0.218. The van der Waals surface area contributed by atoms with Gasteiger partial charge in [0, 0.05) is 5.56 Å². The summed E-state index contributed by atoms with van der Waals surface area (Å²) in [6.07, 6.45) is 0. The molecule has 124 valence electrons. The fraction of sp³-hybridized carbons (Fsp3) is 0.0500. The standard InChI is InChI=1S/C20H17N3O2/c1-25-17-13-11-15(12-14-17)20(24)21-18-9-5-6-10-19(18)23-22-16-7-3-2-4-8-16/h2-14H,1H3,(H,21,24). The highest BCUT2D eigenvalue weighted by atomic mass is 16.5. The zero-order valence-corrected chi connectivity index (χ0v) is 13.7. The fourth-order valence-electron chi connectivity index (χ4n) is 2.21. The number of carbonyl (C=O) groups is 1. The van der Waals surface area contributed by atoms with Crippen molar-refractivity contribution >= 4 is 23.0 Å². The number of nitrogens with one attached hydrogen (secondary N) is 1. The van der Waals surface area contributed by atoms with Crippen molar-refractivity contribution in [2.24, 2.45) is 10.2 Å². The van der Waals surface area contributed by atoms with Crippen LogP contribution in [0.4, 0.5) is 17.1 Å². The summed E-state index contributed by atoms with van der Waals surface area (Å²) in [4.78, 5) is 12.4. The summed E-state index contributed by atoms with van der Waals surface area (Å²) in [5.41, 5.74) is 2.48. The van der Waals surface area contributed by atoms with Gasteiger partial charge in [-0.3, -0.25) is 4.79 Å².